The van der Waals surface area contributed by atoms with E-state index in [-0.39, 0.29) is 11.1 Å². The number of thioether (sulfide) groups is 1. The molecule has 156 valence electrons. The van der Waals surface area contributed by atoms with Crippen LogP contribution in [0.15, 0.2) is 76.4 Å². The van der Waals surface area contributed by atoms with Crippen molar-refractivity contribution >= 4 is 50.6 Å². The Kier molecular flexibility index (Phi) is 6.39. The topological polar surface area (TPSA) is 68.7 Å². The molecule has 6 nitrogen and oxygen atoms in total. The Balaban J connectivity index is 1.59. The Morgan fingerprint density at radius 3 is 2.55 bits per heavy atom. The SMILES string of the molecule is COc1cc(/C=C2/SC(=O)N(c3ccccc3)C2=O)cc(Br)c1OCc1ccncc1. The molecule has 0 aliphatic carbocycles. The predicted molar refractivity (Wildman–Crippen MR) is 124 cm³/mol. The van der Waals surface area contributed by atoms with Gasteiger partial charge in [0.15, 0.2) is 11.5 Å². The van der Waals surface area contributed by atoms with Crippen LogP contribution < -0.4 is 14.4 Å². The number of benzene rings is 2. The van der Waals surface area contributed by atoms with E-state index < -0.39 is 0 Å². The molecule has 0 unspecified atom stereocenters. The number of anilines is 1. The molecule has 0 atom stereocenters. The molecule has 2 aromatic carbocycles. The summed E-state index contributed by atoms with van der Waals surface area (Å²) in [6.07, 6.45) is 5.08. The summed E-state index contributed by atoms with van der Waals surface area (Å²) in [6.45, 7) is 0.354. The Labute approximate surface area is 192 Å². The number of aromatic nitrogens is 1. The molecule has 3 aromatic rings. The summed E-state index contributed by atoms with van der Waals surface area (Å²) in [6, 6.07) is 16.2. The molecule has 1 fully saturated rings. The van der Waals surface area contributed by atoms with Gasteiger partial charge < -0.3 is 9.47 Å². The van der Waals surface area contributed by atoms with Crippen molar-refractivity contribution in [2.24, 2.45) is 0 Å². The van der Waals surface area contributed by atoms with E-state index in [0.717, 1.165) is 17.3 Å². The summed E-state index contributed by atoms with van der Waals surface area (Å²) in [5.74, 6) is 0.708. The molecular formula is C23H17BrN2O4S. The van der Waals surface area contributed by atoms with Gasteiger partial charge in [0, 0.05) is 12.4 Å². The lowest BCUT2D eigenvalue weighted by Gasteiger charge is -2.14. The Morgan fingerprint density at radius 2 is 1.84 bits per heavy atom. The van der Waals surface area contributed by atoms with Gasteiger partial charge in [0.05, 0.1) is 22.2 Å². The van der Waals surface area contributed by atoms with E-state index in [1.54, 1.807) is 55.9 Å². The number of methoxy groups -OCH3 is 1. The molecule has 1 aromatic heterocycles. The number of imide groups is 1. The second kappa shape index (κ2) is 9.36. The highest BCUT2D eigenvalue weighted by Gasteiger charge is 2.36. The van der Waals surface area contributed by atoms with E-state index in [1.165, 1.54) is 4.90 Å². The molecule has 0 saturated carbocycles. The average molecular weight is 497 g/mol. The van der Waals surface area contributed by atoms with Crippen molar-refractivity contribution < 1.29 is 19.1 Å². The van der Waals surface area contributed by atoms with Gasteiger partial charge in [-0.3, -0.25) is 14.6 Å². The highest BCUT2D eigenvalue weighted by atomic mass is 79.9. The Hall–Kier alpha value is -3.10. The number of hydrogen-bond acceptors (Lipinski definition) is 6. The van der Waals surface area contributed by atoms with Gasteiger partial charge in [-0.05, 0) is 81.3 Å². The van der Waals surface area contributed by atoms with Gasteiger partial charge in [0.1, 0.15) is 6.61 Å². The number of halogens is 1. The smallest absolute Gasteiger partial charge is 0.298 e. The van der Waals surface area contributed by atoms with Crippen LogP contribution in [-0.4, -0.2) is 23.2 Å². The number of para-hydroxylation sites is 1. The van der Waals surface area contributed by atoms with Gasteiger partial charge in [-0.2, -0.15) is 0 Å². The first-order chi connectivity index (χ1) is 15.1. The highest BCUT2D eigenvalue weighted by molar-refractivity contribution is 9.10. The number of carbonyl (C=O) groups is 2. The summed E-state index contributed by atoms with van der Waals surface area (Å²) < 4.78 is 12.1. The largest absolute Gasteiger partial charge is 0.493 e. The highest BCUT2D eigenvalue weighted by Crippen LogP contribution is 2.40. The molecule has 0 radical (unpaired) electrons. The minimum Gasteiger partial charge on any atom is -0.493 e. The van der Waals surface area contributed by atoms with Crippen molar-refractivity contribution in [2.45, 2.75) is 6.61 Å². The van der Waals surface area contributed by atoms with Gasteiger partial charge in [-0.1, -0.05) is 18.2 Å². The summed E-state index contributed by atoms with van der Waals surface area (Å²) >= 11 is 4.43. The number of amides is 2. The number of pyridine rings is 1. The van der Waals surface area contributed by atoms with Gasteiger partial charge in [0.25, 0.3) is 11.1 Å². The van der Waals surface area contributed by atoms with Crippen molar-refractivity contribution in [3.05, 3.63) is 87.5 Å². The molecule has 0 bridgehead atoms. The molecular weight excluding hydrogens is 480 g/mol. The van der Waals surface area contributed by atoms with E-state index in [0.29, 0.717) is 38.7 Å². The van der Waals surface area contributed by atoms with Crippen LogP contribution in [0.25, 0.3) is 6.08 Å². The van der Waals surface area contributed by atoms with Crippen LogP contribution in [0.1, 0.15) is 11.1 Å². The fourth-order valence-electron chi connectivity index (χ4n) is 3.02. The summed E-state index contributed by atoms with van der Waals surface area (Å²) in [5, 5.41) is -0.328. The van der Waals surface area contributed by atoms with E-state index in [9.17, 15) is 9.59 Å². The fraction of sp³-hybridized carbons (Fsp3) is 0.0870. The maximum Gasteiger partial charge on any atom is 0.298 e. The van der Waals surface area contributed by atoms with Crippen LogP contribution in [0.4, 0.5) is 10.5 Å². The van der Waals surface area contributed by atoms with Crippen molar-refractivity contribution in [3.8, 4) is 11.5 Å². The van der Waals surface area contributed by atoms with E-state index in [2.05, 4.69) is 20.9 Å². The molecule has 1 aliphatic heterocycles. The van der Waals surface area contributed by atoms with E-state index in [4.69, 9.17) is 9.47 Å². The maximum absolute atomic E-state index is 12.8. The second-order valence-corrected chi connectivity index (χ2v) is 8.38. The zero-order valence-electron chi connectivity index (χ0n) is 16.4. The third-order valence-electron chi connectivity index (χ3n) is 4.49. The zero-order valence-corrected chi connectivity index (χ0v) is 18.9. The zero-order chi connectivity index (χ0) is 21.8. The molecule has 1 saturated heterocycles. The lowest BCUT2D eigenvalue weighted by atomic mass is 10.1. The second-order valence-electron chi connectivity index (χ2n) is 6.53. The van der Waals surface area contributed by atoms with Gasteiger partial charge in [-0.15, -0.1) is 0 Å². The van der Waals surface area contributed by atoms with Crippen LogP contribution >= 0.6 is 27.7 Å². The molecule has 2 amide bonds. The lowest BCUT2D eigenvalue weighted by Crippen LogP contribution is -2.27. The molecule has 2 heterocycles. The number of nitrogens with zero attached hydrogens (tertiary/aromatic N) is 2. The van der Waals surface area contributed by atoms with Crippen molar-refractivity contribution in [2.75, 3.05) is 12.0 Å². The van der Waals surface area contributed by atoms with Gasteiger partial charge in [-0.25, -0.2) is 4.90 Å². The van der Waals surface area contributed by atoms with Crippen LogP contribution in [0.2, 0.25) is 0 Å². The van der Waals surface area contributed by atoms with Crippen LogP contribution in [0.3, 0.4) is 0 Å². The monoisotopic (exact) mass is 496 g/mol. The van der Waals surface area contributed by atoms with Crippen LogP contribution in [0.5, 0.6) is 11.5 Å². The molecule has 0 N–H and O–H groups in total. The number of carbonyl (C=O) groups excluding carboxylic acids is 2. The molecule has 0 spiro atoms. The standard InChI is InChI=1S/C23H17BrN2O4S/c1-29-19-12-16(11-18(24)21(19)30-14-15-7-9-25-10-8-15)13-20-22(27)26(23(28)31-20)17-5-3-2-4-6-17/h2-13H,14H2,1H3/b20-13+. The number of rotatable bonds is 6. The molecule has 1 aliphatic rings. The van der Waals surface area contributed by atoms with Gasteiger partial charge >= 0.3 is 0 Å². The quantitative estimate of drug-likeness (QED) is 0.409. The molecule has 4 rings (SSSR count). The summed E-state index contributed by atoms with van der Waals surface area (Å²) in [4.78, 5) is 30.8. The first-order valence-electron chi connectivity index (χ1n) is 9.29. The summed E-state index contributed by atoms with van der Waals surface area (Å²) in [7, 11) is 1.55. The van der Waals surface area contributed by atoms with Crippen molar-refractivity contribution in [1.82, 2.24) is 4.98 Å². The van der Waals surface area contributed by atoms with Crippen molar-refractivity contribution in [3.63, 3.8) is 0 Å². The van der Waals surface area contributed by atoms with E-state index >= 15 is 0 Å². The minimum atomic E-state index is -0.352. The average Bonchev–Trinajstić information content (AvgIpc) is 3.06. The third kappa shape index (κ3) is 4.65. The first-order valence-corrected chi connectivity index (χ1v) is 10.9. The van der Waals surface area contributed by atoms with Crippen LogP contribution in [-0.2, 0) is 11.4 Å². The minimum absolute atomic E-state index is 0.328. The lowest BCUT2D eigenvalue weighted by molar-refractivity contribution is -0.113. The van der Waals surface area contributed by atoms with Crippen molar-refractivity contribution in [1.29, 1.82) is 0 Å². The molecule has 31 heavy (non-hydrogen) atoms. The third-order valence-corrected chi connectivity index (χ3v) is 5.95. The van der Waals surface area contributed by atoms with E-state index in [1.807, 2.05) is 24.3 Å². The number of hydrogen-bond donors (Lipinski definition) is 0. The number of ether oxygens (including phenoxy) is 2. The predicted octanol–water partition coefficient (Wildman–Crippen LogP) is 5.67. The molecule has 8 heteroatoms. The fourth-order valence-corrected chi connectivity index (χ4v) is 4.43. The Bertz CT molecular complexity index is 1150. The first kappa shape index (κ1) is 21.1. The Morgan fingerprint density at radius 1 is 1.10 bits per heavy atom. The van der Waals surface area contributed by atoms with Gasteiger partial charge in [0.2, 0.25) is 0 Å². The summed E-state index contributed by atoms with van der Waals surface area (Å²) in [5.41, 5.74) is 2.23. The normalized spacial score (nSPS) is 14.9. The van der Waals surface area contributed by atoms with Crippen LogP contribution in [0, 0.1) is 0 Å². The maximum atomic E-state index is 12.8.